The highest BCUT2D eigenvalue weighted by Crippen LogP contribution is 2.19. The summed E-state index contributed by atoms with van der Waals surface area (Å²) in [5.41, 5.74) is 6.47. The average molecular weight is 245 g/mol. The zero-order valence-electron chi connectivity index (χ0n) is 9.76. The first-order chi connectivity index (χ1) is 8.58. The normalized spacial score (nSPS) is 10.1. The summed E-state index contributed by atoms with van der Waals surface area (Å²) in [6, 6.07) is 7.53. The van der Waals surface area contributed by atoms with E-state index in [1.807, 2.05) is 0 Å². The number of nitrogens with one attached hydrogen (secondary N) is 1. The Labute approximate surface area is 104 Å². The SMILES string of the molecule is CN(c1ccc(F)cc1)c1nccc(C(=N)N)n1. The van der Waals surface area contributed by atoms with Crippen LogP contribution in [0.1, 0.15) is 5.69 Å². The maximum Gasteiger partial charge on any atom is 0.230 e. The lowest BCUT2D eigenvalue weighted by molar-refractivity contribution is 0.628. The average Bonchev–Trinajstić information content (AvgIpc) is 2.39. The van der Waals surface area contributed by atoms with E-state index in [0.29, 0.717) is 11.6 Å². The number of nitrogens with zero attached hydrogens (tertiary/aromatic N) is 3. The lowest BCUT2D eigenvalue weighted by Gasteiger charge is -2.17. The summed E-state index contributed by atoms with van der Waals surface area (Å²) in [6.07, 6.45) is 1.53. The number of hydrogen-bond acceptors (Lipinski definition) is 4. The highest BCUT2D eigenvalue weighted by atomic mass is 19.1. The van der Waals surface area contributed by atoms with E-state index in [1.54, 1.807) is 30.1 Å². The van der Waals surface area contributed by atoms with Crippen molar-refractivity contribution in [2.75, 3.05) is 11.9 Å². The second-order valence-corrected chi connectivity index (χ2v) is 3.69. The molecule has 2 aromatic rings. The third kappa shape index (κ3) is 2.42. The number of aromatic nitrogens is 2. The maximum absolute atomic E-state index is 12.8. The van der Waals surface area contributed by atoms with Crippen LogP contribution in [0.5, 0.6) is 0 Å². The second-order valence-electron chi connectivity index (χ2n) is 3.69. The van der Waals surface area contributed by atoms with Crippen LogP contribution in [0.4, 0.5) is 16.0 Å². The van der Waals surface area contributed by atoms with Crippen LogP contribution in [-0.2, 0) is 0 Å². The van der Waals surface area contributed by atoms with Crippen LogP contribution in [0.25, 0.3) is 0 Å². The van der Waals surface area contributed by atoms with E-state index in [-0.39, 0.29) is 11.7 Å². The van der Waals surface area contributed by atoms with Crippen molar-refractivity contribution in [3.05, 3.63) is 48.0 Å². The molecule has 0 aliphatic rings. The molecule has 1 aromatic heterocycles. The van der Waals surface area contributed by atoms with Gasteiger partial charge in [-0.3, -0.25) is 5.41 Å². The quantitative estimate of drug-likeness (QED) is 0.636. The molecule has 6 heteroatoms. The smallest absolute Gasteiger partial charge is 0.230 e. The number of halogens is 1. The van der Waals surface area contributed by atoms with Crippen LogP contribution in [0.3, 0.4) is 0 Å². The number of anilines is 2. The van der Waals surface area contributed by atoms with Crippen molar-refractivity contribution in [2.45, 2.75) is 0 Å². The fraction of sp³-hybridized carbons (Fsp3) is 0.0833. The second kappa shape index (κ2) is 4.79. The van der Waals surface area contributed by atoms with E-state index < -0.39 is 0 Å². The van der Waals surface area contributed by atoms with Crippen LogP contribution < -0.4 is 10.6 Å². The van der Waals surface area contributed by atoms with E-state index in [1.165, 1.54) is 18.3 Å². The minimum atomic E-state index is -0.300. The maximum atomic E-state index is 12.8. The third-order valence-electron chi connectivity index (χ3n) is 2.43. The van der Waals surface area contributed by atoms with Gasteiger partial charge in [-0.1, -0.05) is 0 Å². The summed E-state index contributed by atoms with van der Waals surface area (Å²) in [7, 11) is 1.76. The minimum absolute atomic E-state index is 0.119. The number of nitrogens with two attached hydrogens (primary N) is 1. The molecule has 0 atom stereocenters. The summed E-state index contributed by atoms with van der Waals surface area (Å²) in [5.74, 6) is -0.0222. The molecule has 5 nitrogen and oxygen atoms in total. The standard InChI is InChI=1S/C12H12FN5/c1-18(9-4-2-8(13)3-5-9)12-16-7-6-10(17-12)11(14)15/h2-7H,1H3,(H3,14,15). The van der Waals surface area contributed by atoms with E-state index >= 15 is 0 Å². The number of benzene rings is 1. The van der Waals surface area contributed by atoms with Crippen molar-refractivity contribution in [3.63, 3.8) is 0 Å². The zero-order chi connectivity index (χ0) is 13.1. The Kier molecular flexibility index (Phi) is 3.18. The third-order valence-corrected chi connectivity index (χ3v) is 2.43. The molecule has 1 heterocycles. The first-order valence-corrected chi connectivity index (χ1v) is 5.24. The van der Waals surface area contributed by atoms with Crippen molar-refractivity contribution in [3.8, 4) is 0 Å². The van der Waals surface area contributed by atoms with Crippen LogP contribution in [0.2, 0.25) is 0 Å². The van der Waals surface area contributed by atoms with Crippen molar-refractivity contribution in [2.24, 2.45) is 5.73 Å². The molecule has 0 aliphatic heterocycles. The molecule has 0 aliphatic carbocycles. The molecule has 1 aromatic carbocycles. The van der Waals surface area contributed by atoms with Crippen molar-refractivity contribution in [1.29, 1.82) is 5.41 Å². The van der Waals surface area contributed by atoms with Crippen LogP contribution in [0, 0.1) is 11.2 Å². The summed E-state index contributed by atoms with van der Waals surface area (Å²) in [6.45, 7) is 0. The monoisotopic (exact) mass is 245 g/mol. The van der Waals surface area contributed by atoms with Gasteiger partial charge >= 0.3 is 0 Å². The van der Waals surface area contributed by atoms with Crippen molar-refractivity contribution < 1.29 is 4.39 Å². The van der Waals surface area contributed by atoms with E-state index in [0.717, 1.165) is 5.69 Å². The molecule has 0 spiro atoms. The van der Waals surface area contributed by atoms with Gasteiger partial charge in [0, 0.05) is 18.9 Å². The largest absolute Gasteiger partial charge is 0.382 e. The van der Waals surface area contributed by atoms with Crippen LogP contribution >= 0.6 is 0 Å². The topological polar surface area (TPSA) is 78.9 Å². The number of nitrogen functional groups attached to an aromatic ring is 1. The lowest BCUT2D eigenvalue weighted by atomic mass is 10.3. The van der Waals surface area contributed by atoms with Gasteiger partial charge in [-0.25, -0.2) is 14.4 Å². The Bertz CT molecular complexity index is 567. The van der Waals surface area contributed by atoms with Gasteiger partial charge in [0.1, 0.15) is 17.3 Å². The Balaban J connectivity index is 2.33. The van der Waals surface area contributed by atoms with Gasteiger partial charge in [-0.15, -0.1) is 0 Å². The molecule has 0 saturated carbocycles. The minimum Gasteiger partial charge on any atom is -0.382 e. The van der Waals surface area contributed by atoms with Crippen molar-refractivity contribution in [1.82, 2.24) is 9.97 Å². The summed E-state index contributed by atoms with van der Waals surface area (Å²) in [5, 5.41) is 7.33. The molecule has 18 heavy (non-hydrogen) atoms. The molecule has 92 valence electrons. The molecule has 0 bridgehead atoms. The highest BCUT2D eigenvalue weighted by molar-refractivity contribution is 5.93. The molecule has 0 unspecified atom stereocenters. The Morgan fingerprint density at radius 3 is 2.56 bits per heavy atom. The summed E-state index contributed by atoms with van der Waals surface area (Å²) < 4.78 is 12.8. The summed E-state index contributed by atoms with van der Waals surface area (Å²) in [4.78, 5) is 9.92. The first kappa shape index (κ1) is 12.0. The molecular formula is C12H12FN5. The van der Waals surface area contributed by atoms with Gasteiger partial charge in [0.2, 0.25) is 5.95 Å². The van der Waals surface area contributed by atoms with Gasteiger partial charge in [0.05, 0.1) is 0 Å². The van der Waals surface area contributed by atoms with Crippen molar-refractivity contribution >= 4 is 17.5 Å². The Morgan fingerprint density at radius 2 is 1.94 bits per heavy atom. The molecule has 3 N–H and O–H groups in total. The van der Waals surface area contributed by atoms with Crippen LogP contribution in [-0.4, -0.2) is 22.9 Å². The molecule has 0 radical (unpaired) electrons. The molecule has 0 amide bonds. The summed E-state index contributed by atoms with van der Waals surface area (Å²) >= 11 is 0. The highest BCUT2D eigenvalue weighted by Gasteiger charge is 2.08. The fourth-order valence-electron chi connectivity index (χ4n) is 1.44. The predicted octanol–water partition coefficient (Wildman–Crippen LogP) is 1.67. The fourth-order valence-corrected chi connectivity index (χ4v) is 1.44. The Hall–Kier alpha value is -2.50. The van der Waals surface area contributed by atoms with Gasteiger partial charge in [-0.05, 0) is 30.3 Å². The molecule has 0 fully saturated rings. The van der Waals surface area contributed by atoms with Gasteiger partial charge in [0.25, 0.3) is 0 Å². The van der Waals surface area contributed by atoms with Crippen LogP contribution in [0.15, 0.2) is 36.5 Å². The number of amidine groups is 1. The van der Waals surface area contributed by atoms with E-state index in [4.69, 9.17) is 11.1 Å². The lowest BCUT2D eigenvalue weighted by Crippen LogP contribution is -2.18. The first-order valence-electron chi connectivity index (χ1n) is 5.24. The predicted molar refractivity (Wildman–Crippen MR) is 67.5 cm³/mol. The Morgan fingerprint density at radius 1 is 1.28 bits per heavy atom. The van der Waals surface area contributed by atoms with Gasteiger partial charge in [-0.2, -0.15) is 0 Å². The number of hydrogen-bond donors (Lipinski definition) is 2. The van der Waals surface area contributed by atoms with E-state index in [9.17, 15) is 4.39 Å². The molecular weight excluding hydrogens is 233 g/mol. The molecule has 0 saturated heterocycles. The molecule has 2 rings (SSSR count). The van der Waals surface area contributed by atoms with E-state index in [2.05, 4.69) is 9.97 Å². The van der Waals surface area contributed by atoms with Gasteiger partial charge < -0.3 is 10.6 Å². The number of rotatable bonds is 3. The van der Waals surface area contributed by atoms with Gasteiger partial charge in [0.15, 0.2) is 0 Å². The zero-order valence-corrected chi connectivity index (χ0v) is 9.76.